The molecule has 0 radical (unpaired) electrons. The Balaban J connectivity index is 2.59. The molecule has 0 N–H and O–H groups in total. The molecule has 0 aliphatic rings. The number of halogens is 1. The first kappa shape index (κ1) is 9.97. The molecular formula is C9H6BrN3O2. The van der Waals surface area contributed by atoms with E-state index in [0.717, 1.165) is 0 Å². The highest BCUT2D eigenvalue weighted by atomic mass is 79.9. The SMILES string of the molecule is O=[N+]([O-])c1ccc2nc(CBr)ncc2c1. The van der Waals surface area contributed by atoms with Crippen LogP contribution in [-0.2, 0) is 5.33 Å². The maximum atomic E-state index is 10.5. The van der Waals surface area contributed by atoms with E-state index in [-0.39, 0.29) is 5.69 Å². The summed E-state index contributed by atoms with van der Waals surface area (Å²) in [5.74, 6) is 0.663. The fraction of sp³-hybridized carbons (Fsp3) is 0.111. The number of alkyl halides is 1. The third kappa shape index (κ3) is 1.94. The molecule has 76 valence electrons. The van der Waals surface area contributed by atoms with E-state index < -0.39 is 4.92 Å². The third-order valence-corrected chi connectivity index (χ3v) is 2.45. The highest BCUT2D eigenvalue weighted by molar-refractivity contribution is 9.08. The van der Waals surface area contributed by atoms with Crippen LogP contribution in [-0.4, -0.2) is 14.9 Å². The number of nitro benzene ring substituents is 1. The van der Waals surface area contributed by atoms with Crippen LogP contribution >= 0.6 is 15.9 Å². The molecule has 5 nitrogen and oxygen atoms in total. The number of non-ortho nitro benzene ring substituents is 1. The number of rotatable bonds is 2. The summed E-state index contributed by atoms with van der Waals surface area (Å²) in [7, 11) is 0. The van der Waals surface area contributed by atoms with Gasteiger partial charge in [0.15, 0.2) is 0 Å². The van der Waals surface area contributed by atoms with Crippen LogP contribution in [0.25, 0.3) is 10.9 Å². The Morgan fingerprint density at radius 3 is 2.93 bits per heavy atom. The fourth-order valence-corrected chi connectivity index (χ4v) is 1.51. The number of nitro groups is 1. The van der Waals surface area contributed by atoms with Gasteiger partial charge in [-0.05, 0) is 6.07 Å². The van der Waals surface area contributed by atoms with Crippen LogP contribution < -0.4 is 0 Å². The Hall–Kier alpha value is -1.56. The summed E-state index contributed by atoms with van der Waals surface area (Å²) < 4.78 is 0. The minimum absolute atomic E-state index is 0.0534. The molecule has 2 aromatic rings. The summed E-state index contributed by atoms with van der Waals surface area (Å²) in [5.41, 5.74) is 0.766. The highest BCUT2D eigenvalue weighted by Gasteiger charge is 2.07. The number of fused-ring (bicyclic) bond motifs is 1. The average Bonchev–Trinajstić information content (AvgIpc) is 2.27. The van der Waals surface area contributed by atoms with Crippen LogP contribution in [0.2, 0.25) is 0 Å². The van der Waals surface area contributed by atoms with Crippen LogP contribution in [0.3, 0.4) is 0 Å². The topological polar surface area (TPSA) is 68.9 Å². The average molecular weight is 268 g/mol. The van der Waals surface area contributed by atoms with E-state index in [1.54, 1.807) is 12.3 Å². The largest absolute Gasteiger partial charge is 0.270 e. The first-order valence-electron chi connectivity index (χ1n) is 4.17. The first-order valence-corrected chi connectivity index (χ1v) is 5.29. The number of aromatic nitrogens is 2. The van der Waals surface area contributed by atoms with Crippen LogP contribution in [0.5, 0.6) is 0 Å². The smallest absolute Gasteiger partial charge is 0.258 e. The van der Waals surface area contributed by atoms with Gasteiger partial charge in [-0.1, -0.05) is 15.9 Å². The van der Waals surface area contributed by atoms with E-state index in [9.17, 15) is 10.1 Å². The molecule has 0 fully saturated rings. The summed E-state index contributed by atoms with van der Waals surface area (Å²) >= 11 is 3.25. The molecule has 1 heterocycles. The Kier molecular flexibility index (Phi) is 2.59. The monoisotopic (exact) mass is 267 g/mol. The maximum Gasteiger partial charge on any atom is 0.270 e. The van der Waals surface area contributed by atoms with Gasteiger partial charge >= 0.3 is 0 Å². The van der Waals surface area contributed by atoms with Crippen molar-refractivity contribution in [3.05, 3.63) is 40.3 Å². The normalized spacial score (nSPS) is 10.5. The lowest BCUT2D eigenvalue weighted by atomic mass is 10.2. The molecule has 6 heteroatoms. The lowest BCUT2D eigenvalue weighted by molar-refractivity contribution is -0.384. The van der Waals surface area contributed by atoms with Crippen molar-refractivity contribution >= 4 is 32.5 Å². The Labute approximate surface area is 93.4 Å². The fourth-order valence-electron chi connectivity index (χ4n) is 1.24. The van der Waals surface area contributed by atoms with Crippen LogP contribution in [0.1, 0.15) is 5.82 Å². The van der Waals surface area contributed by atoms with Gasteiger partial charge in [-0.15, -0.1) is 0 Å². The maximum absolute atomic E-state index is 10.5. The van der Waals surface area contributed by atoms with Gasteiger partial charge in [0.2, 0.25) is 0 Å². The van der Waals surface area contributed by atoms with Gasteiger partial charge in [0.25, 0.3) is 5.69 Å². The van der Waals surface area contributed by atoms with Crippen LogP contribution in [0.4, 0.5) is 5.69 Å². The van der Waals surface area contributed by atoms with E-state index in [4.69, 9.17) is 0 Å². The van der Waals surface area contributed by atoms with Crippen molar-refractivity contribution in [2.24, 2.45) is 0 Å². The minimum atomic E-state index is -0.433. The van der Waals surface area contributed by atoms with E-state index >= 15 is 0 Å². The molecule has 0 aliphatic carbocycles. The van der Waals surface area contributed by atoms with Crippen molar-refractivity contribution < 1.29 is 4.92 Å². The second-order valence-electron chi connectivity index (χ2n) is 2.92. The molecule has 0 aliphatic heterocycles. The quantitative estimate of drug-likeness (QED) is 0.476. The molecule has 0 atom stereocenters. The molecule has 1 aromatic heterocycles. The molecule has 15 heavy (non-hydrogen) atoms. The highest BCUT2D eigenvalue weighted by Crippen LogP contribution is 2.18. The summed E-state index contributed by atoms with van der Waals surface area (Å²) in [6.07, 6.45) is 1.59. The van der Waals surface area contributed by atoms with Gasteiger partial charge in [0.1, 0.15) is 5.82 Å². The van der Waals surface area contributed by atoms with Crippen molar-refractivity contribution in [2.75, 3.05) is 0 Å². The summed E-state index contributed by atoms with van der Waals surface area (Å²) in [4.78, 5) is 18.4. The van der Waals surface area contributed by atoms with Crippen molar-refractivity contribution in [1.29, 1.82) is 0 Å². The van der Waals surface area contributed by atoms with Crippen molar-refractivity contribution in [3.63, 3.8) is 0 Å². The van der Waals surface area contributed by atoms with E-state index in [1.807, 2.05) is 0 Å². The second kappa shape index (κ2) is 3.90. The van der Waals surface area contributed by atoms with Crippen LogP contribution in [0.15, 0.2) is 24.4 Å². The van der Waals surface area contributed by atoms with Gasteiger partial charge < -0.3 is 0 Å². The molecule has 0 spiro atoms. The zero-order valence-corrected chi connectivity index (χ0v) is 9.14. The van der Waals surface area contributed by atoms with E-state index in [2.05, 4.69) is 25.9 Å². The van der Waals surface area contributed by atoms with Gasteiger partial charge in [-0.2, -0.15) is 0 Å². The Morgan fingerprint density at radius 2 is 2.27 bits per heavy atom. The molecule has 0 amide bonds. The van der Waals surface area contributed by atoms with Gasteiger partial charge in [-0.3, -0.25) is 10.1 Å². The molecule has 1 aromatic carbocycles. The lowest BCUT2D eigenvalue weighted by Crippen LogP contribution is -1.92. The summed E-state index contributed by atoms with van der Waals surface area (Å²) in [6.45, 7) is 0. The van der Waals surface area contributed by atoms with Gasteiger partial charge in [0.05, 0.1) is 15.8 Å². The zero-order valence-electron chi connectivity index (χ0n) is 7.55. The zero-order chi connectivity index (χ0) is 10.8. The summed E-state index contributed by atoms with van der Waals surface area (Å²) in [5, 5.41) is 11.8. The van der Waals surface area contributed by atoms with E-state index in [0.29, 0.717) is 22.1 Å². The van der Waals surface area contributed by atoms with E-state index in [1.165, 1.54) is 12.1 Å². The summed E-state index contributed by atoms with van der Waals surface area (Å²) in [6, 6.07) is 4.53. The minimum Gasteiger partial charge on any atom is -0.258 e. The third-order valence-electron chi connectivity index (χ3n) is 1.94. The van der Waals surface area contributed by atoms with Gasteiger partial charge in [-0.25, -0.2) is 9.97 Å². The number of benzene rings is 1. The number of nitrogens with zero attached hydrogens (tertiary/aromatic N) is 3. The Bertz CT molecular complexity index is 530. The molecular weight excluding hydrogens is 262 g/mol. The molecule has 0 bridgehead atoms. The second-order valence-corrected chi connectivity index (χ2v) is 3.48. The van der Waals surface area contributed by atoms with Crippen molar-refractivity contribution in [1.82, 2.24) is 9.97 Å². The standard InChI is InChI=1S/C9H6BrN3O2/c10-4-9-11-5-6-3-7(13(14)15)1-2-8(6)12-9/h1-3,5H,4H2. The molecule has 2 rings (SSSR count). The first-order chi connectivity index (χ1) is 7.20. The Morgan fingerprint density at radius 1 is 1.47 bits per heavy atom. The molecule has 0 saturated heterocycles. The molecule has 0 unspecified atom stereocenters. The number of hydrogen-bond donors (Lipinski definition) is 0. The van der Waals surface area contributed by atoms with Crippen molar-refractivity contribution in [2.45, 2.75) is 5.33 Å². The van der Waals surface area contributed by atoms with Crippen LogP contribution in [0, 0.1) is 10.1 Å². The van der Waals surface area contributed by atoms with Gasteiger partial charge in [0, 0.05) is 23.7 Å². The lowest BCUT2D eigenvalue weighted by Gasteiger charge is -1.98. The molecule has 0 saturated carbocycles. The number of hydrogen-bond acceptors (Lipinski definition) is 4. The predicted molar refractivity (Wildman–Crippen MR) is 58.8 cm³/mol. The van der Waals surface area contributed by atoms with Crippen molar-refractivity contribution in [3.8, 4) is 0 Å². The predicted octanol–water partition coefficient (Wildman–Crippen LogP) is 2.43.